The monoisotopic (exact) mass is 427 g/mol. The number of hydrogen-bond acceptors (Lipinski definition) is 3. The molecule has 0 saturated carbocycles. The number of hydrogen-bond donors (Lipinski definition) is 1. The zero-order valence-electron chi connectivity index (χ0n) is 18.7. The number of carbonyl (C=O) groups excluding carboxylic acids is 1. The van der Waals surface area contributed by atoms with Crippen molar-refractivity contribution in [2.75, 3.05) is 6.61 Å². The van der Waals surface area contributed by atoms with Crippen LogP contribution in [-0.4, -0.2) is 12.5 Å². The van der Waals surface area contributed by atoms with Gasteiger partial charge in [-0.1, -0.05) is 62.6 Å². The lowest BCUT2D eigenvalue weighted by atomic mass is 9.75. The molecule has 1 spiro atoms. The van der Waals surface area contributed by atoms with Gasteiger partial charge in [0.15, 0.2) is 0 Å². The molecule has 0 radical (unpaired) electrons. The lowest BCUT2D eigenvalue weighted by Crippen LogP contribution is -2.43. The van der Waals surface area contributed by atoms with E-state index in [4.69, 9.17) is 9.47 Å². The van der Waals surface area contributed by atoms with Crippen molar-refractivity contribution < 1.29 is 14.3 Å². The van der Waals surface area contributed by atoms with E-state index in [1.807, 2.05) is 49.4 Å². The van der Waals surface area contributed by atoms with Gasteiger partial charge in [-0.3, -0.25) is 4.79 Å². The summed E-state index contributed by atoms with van der Waals surface area (Å²) in [4.78, 5) is 13.1. The van der Waals surface area contributed by atoms with Crippen molar-refractivity contribution in [3.05, 3.63) is 88.5 Å². The average molecular weight is 428 g/mol. The highest BCUT2D eigenvalue weighted by molar-refractivity contribution is 6.02. The number of benzene rings is 3. The van der Waals surface area contributed by atoms with Gasteiger partial charge in [-0.2, -0.15) is 0 Å². The molecule has 3 aromatic rings. The first-order valence-corrected chi connectivity index (χ1v) is 11.7. The van der Waals surface area contributed by atoms with Gasteiger partial charge in [-0.05, 0) is 49.1 Å². The van der Waals surface area contributed by atoms with Gasteiger partial charge in [0.1, 0.15) is 22.8 Å². The van der Waals surface area contributed by atoms with E-state index in [1.165, 1.54) is 24.8 Å². The minimum Gasteiger partial charge on any atom is -0.493 e. The number of amides is 1. The van der Waals surface area contributed by atoms with Crippen molar-refractivity contribution in [1.82, 2.24) is 5.32 Å². The third-order valence-electron chi connectivity index (χ3n) is 6.55. The van der Waals surface area contributed by atoms with E-state index < -0.39 is 5.54 Å². The van der Waals surface area contributed by atoms with Crippen LogP contribution in [0, 0.1) is 0 Å². The third kappa shape index (κ3) is 3.17. The molecular weight excluding hydrogens is 398 g/mol. The Morgan fingerprint density at radius 2 is 1.66 bits per heavy atom. The second kappa shape index (κ2) is 8.34. The molecule has 32 heavy (non-hydrogen) atoms. The summed E-state index contributed by atoms with van der Waals surface area (Å²) in [7, 11) is 0. The van der Waals surface area contributed by atoms with Crippen LogP contribution in [-0.2, 0) is 12.0 Å². The minimum atomic E-state index is -0.763. The fourth-order valence-electron chi connectivity index (χ4n) is 5.08. The molecule has 2 aliphatic heterocycles. The SMILES string of the molecule is CCCCCCc1cc2c(cc1OCC)Oc1ccccc1C21NC(=O)c2ccccc21. The van der Waals surface area contributed by atoms with Gasteiger partial charge in [0.25, 0.3) is 5.91 Å². The smallest absolute Gasteiger partial charge is 0.252 e. The Morgan fingerprint density at radius 1 is 0.875 bits per heavy atom. The molecule has 4 nitrogen and oxygen atoms in total. The predicted molar refractivity (Wildman–Crippen MR) is 126 cm³/mol. The van der Waals surface area contributed by atoms with Crippen LogP contribution in [0.15, 0.2) is 60.7 Å². The Kier molecular flexibility index (Phi) is 5.38. The third-order valence-corrected chi connectivity index (χ3v) is 6.55. The van der Waals surface area contributed by atoms with Crippen LogP contribution >= 0.6 is 0 Å². The summed E-state index contributed by atoms with van der Waals surface area (Å²) in [5.41, 5.74) is 4.04. The number of rotatable bonds is 7. The Hall–Kier alpha value is -3.27. The Balaban J connectivity index is 1.71. The molecule has 5 rings (SSSR count). The summed E-state index contributed by atoms with van der Waals surface area (Å²) >= 11 is 0. The highest BCUT2D eigenvalue weighted by Gasteiger charge is 2.51. The summed E-state index contributed by atoms with van der Waals surface area (Å²) in [5.74, 6) is 2.31. The summed E-state index contributed by atoms with van der Waals surface area (Å²) in [6, 6.07) is 20.1. The molecule has 4 heteroatoms. The maximum atomic E-state index is 13.1. The van der Waals surface area contributed by atoms with Crippen molar-refractivity contribution in [3.8, 4) is 17.2 Å². The molecule has 0 bridgehead atoms. The molecule has 2 aliphatic rings. The van der Waals surface area contributed by atoms with E-state index in [2.05, 4.69) is 30.4 Å². The summed E-state index contributed by atoms with van der Waals surface area (Å²) in [6.07, 6.45) is 5.69. The van der Waals surface area contributed by atoms with Gasteiger partial charge >= 0.3 is 0 Å². The van der Waals surface area contributed by atoms with Crippen molar-refractivity contribution in [2.45, 2.75) is 51.5 Å². The summed E-state index contributed by atoms with van der Waals surface area (Å²) < 4.78 is 12.4. The molecule has 1 unspecified atom stereocenters. The number of fused-ring (bicyclic) bond motifs is 6. The molecule has 164 valence electrons. The lowest BCUT2D eigenvalue weighted by molar-refractivity contribution is 0.0946. The number of ether oxygens (including phenoxy) is 2. The maximum Gasteiger partial charge on any atom is 0.252 e. The molecule has 0 aliphatic carbocycles. The zero-order valence-corrected chi connectivity index (χ0v) is 18.7. The van der Waals surface area contributed by atoms with Crippen molar-refractivity contribution in [1.29, 1.82) is 0 Å². The van der Waals surface area contributed by atoms with Crippen LogP contribution in [0.2, 0.25) is 0 Å². The van der Waals surface area contributed by atoms with Gasteiger partial charge in [0.2, 0.25) is 0 Å². The number of nitrogens with one attached hydrogen (secondary N) is 1. The molecule has 3 aromatic carbocycles. The first kappa shape index (κ1) is 20.6. The van der Waals surface area contributed by atoms with Crippen molar-refractivity contribution in [2.24, 2.45) is 0 Å². The Morgan fingerprint density at radius 3 is 2.47 bits per heavy atom. The summed E-state index contributed by atoms with van der Waals surface area (Å²) in [6.45, 7) is 4.83. The second-order valence-electron chi connectivity index (χ2n) is 8.55. The van der Waals surface area contributed by atoms with Crippen LogP contribution in [0.4, 0.5) is 0 Å². The number of unbranched alkanes of at least 4 members (excludes halogenated alkanes) is 3. The Labute approximate surface area is 189 Å². The molecule has 1 atom stereocenters. The number of aryl methyl sites for hydroxylation is 1. The van der Waals surface area contributed by atoms with Gasteiger partial charge in [-0.15, -0.1) is 0 Å². The Bertz CT molecular complexity index is 1170. The first-order valence-electron chi connectivity index (χ1n) is 11.7. The largest absolute Gasteiger partial charge is 0.493 e. The highest BCUT2D eigenvalue weighted by Crippen LogP contribution is 2.54. The van der Waals surface area contributed by atoms with Crippen LogP contribution in [0.1, 0.15) is 72.1 Å². The fraction of sp³-hybridized carbons (Fsp3) is 0.321. The van der Waals surface area contributed by atoms with E-state index in [1.54, 1.807) is 0 Å². The zero-order chi connectivity index (χ0) is 22.1. The minimum absolute atomic E-state index is 0.0540. The van der Waals surface area contributed by atoms with Crippen LogP contribution < -0.4 is 14.8 Å². The highest BCUT2D eigenvalue weighted by atomic mass is 16.5. The van der Waals surface area contributed by atoms with Gasteiger partial charge < -0.3 is 14.8 Å². The van der Waals surface area contributed by atoms with Gasteiger partial charge in [0.05, 0.1) is 6.61 Å². The molecule has 1 amide bonds. The fourth-order valence-corrected chi connectivity index (χ4v) is 5.08. The van der Waals surface area contributed by atoms with Crippen molar-refractivity contribution in [3.63, 3.8) is 0 Å². The van der Waals surface area contributed by atoms with E-state index >= 15 is 0 Å². The van der Waals surface area contributed by atoms with Crippen molar-refractivity contribution >= 4 is 5.91 Å². The van der Waals surface area contributed by atoms with Crippen LogP contribution in [0.3, 0.4) is 0 Å². The first-order chi connectivity index (χ1) is 15.7. The number of carbonyl (C=O) groups is 1. The molecule has 0 saturated heterocycles. The quantitative estimate of drug-likeness (QED) is 0.447. The molecule has 0 aromatic heterocycles. The van der Waals surface area contributed by atoms with Gasteiger partial charge in [-0.25, -0.2) is 0 Å². The van der Waals surface area contributed by atoms with Gasteiger partial charge in [0, 0.05) is 22.8 Å². The second-order valence-corrected chi connectivity index (χ2v) is 8.55. The normalized spacial score (nSPS) is 17.9. The number of para-hydroxylation sites is 1. The maximum absolute atomic E-state index is 13.1. The van der Waals surface area contributed by atoms with E-state index in [-0.39, 0.29) is 5.91 Å². The van der Waals surface area contributed by atoms with E-state index in [9.17, 15) is 4.79 Å². The molecule has 2 heterocycles. The molecular formula is C28H29NO3. The summed E-state index contributed by atoms with van der Waals surface area (Å²) in [5, 5.41) is 3.34. The van der Waals surface area contributed by atoms with E-state index in [0.29, 0.717) is 12.2 Å². The topological polar surface area (TPSA) is 47.6 Å². The predicted octanol–water partition coefficient (Wildman–Crippen LogP) is 6.35. The average Bonchev–Trinajstić information content (AvgIpc) is 3.11. The standard InChI is InChI=1S/C28H29NO3/c1-3-5-6-7-12-19-17-23-26(18-25(19)31-4-2)32-24-16-11-10-15-22(24)28(23)21-14-9-8-13-20(21)27(30)29-28/h8-11,13-18H,3-7,12H2,1-2H3,(H,29,30). The van der Waals surface area contributed by atoms with Crippen LogP contribution in [0.5, 0.6) is 17.2 Å². The molecule has 1 N–H and O–H groups in total. The van der Waals surface area contributed by atoms with E-state index in [0.717, 1.165) is 46.8 Å². The lowest BCUT2D eigenvalue weighted by Gasteiger charge is -2.38. The molecule has 0 fully saturated rings. The van der Waals surface area contributed by atoms with Crippen LogP contribution in [0.25, 0.3) is 0 Å².